The van der Waals surface area contributed by atoms with E-state index in [4.69, 9.17) is 11.6 Å². The predicted octanol–water partition coefficient (Wildman–Crippen LogP) is 3.41. The Morgan fingerprint density at radius 2 is 2.04 bits per heavy atom. The molecule has 0 bridgehead atoms. The van der Waals surface area contributed by atoms with Crippen molar-refractivity contribution >= 4 is 40.2 Å². The van der Waals surface area contributed by atoms with Gasteiger partial charge in [0.1, 0.15) is 0 Å². The molecule has 0 spiro atoms. The van der Waals surface area contributed by atoms with Crippen LogP contribution >= 0.6 is 23.4 Å². The van der Waals surface area contributed by atoms with Gasteiger partial charge in [0.15, 0.2) is 5.16 Å². The molecule has 0 radical (unpaired) electrons. The number of hydrogen-bond donors (Lipinski definition) is 1. The van der Waals surface area contributed by atoms with E-state index in [2.05, 4.69) is 10.3 Å². The number of rotatable bonds is 5. The Balaban J connectivity index is 1.77. The van der Waals surface area contributed by atoms with Gasteiger partial charge < -0.3 is 5.32 Å². The molecule has 0 atom stereocenters. The number of carbonyl (C=O) groups excluding carboxylic acids is 1. The van der Waals surface area contributed by atoms with E-state index in [9.17, 15) is 9.59 Å². The highest BCUT2D eigenvalue weighted by molar-refractivity contribution is 7.99. The topological polar surface area (TPSA) is 64.0 Å². The van der Waals surface area contributed by atoms with Crippen LogP contribution in [-0.4, -0.2) is 27.3 Å². The first kappa shape index (κ1) is 17.1. The normalized spacial score (nSPS) is 13.7. The summed E-state index contributed by atoms with van der Waals surface area (Å²) >= 11 is 7.35. The number of aromatic nitrogens is 2. The van der Waals surface area contributed by atoms with E-state index >= 15 is 0 Å². The van der Waals surface area contributed by atoms with Crippen LogP contribution in [0.3, 0.4) is 0 Å². The molecule has 0 aliphatic heterocycles. The van der Waals surface area contributed by atoms with Crippen molar-refractivity contribution in [3.05, 3.63) is 63.9 Å². The van der Waals surface area contributed by atoms with Gasteiger partial charge in [-0.05, 0) is 43.2 Å². The first-order chi connectivity index (χ1) is 12.6. The van der Waals surface area contributed by atoms with Crippen molar-refractivity contribution in [1.29, 1.82) is 0 Å². The molecule has 1 N–H and O–H groups in total. The Kier molecular flexibility index (Phi) is 4.70. The zero-order valence-corrected chi connectivity index (χ0v) is 15.4. The molecular weight excluding hydrogens is 370 g/mol. The third kappa shape index (κ3) is 3.61. The number of amides is 1. The fraction of sp³-hybridized carbons (Fsp3) is 0.211. The van der Waals surface area contributed by atoms with Gasteiger partial charge in [-0.25, -0.2) is 4.98 Å². The number of nitrogens with one attached hydrogen (secondary N) is 1. The van der Waals surface area contributed by atoms with Gasteiger partial charge in [-0.2, -0.15) is 0 Å². The summed E-state index contributed by atoms with van der Waals surface area (Å²) in [6, 6.07) is 14.6. The summed E-state index contributed by atoms with van der Waals surface area (Å²) in [7, 11) is 0. The van der Waals surface area contributed by atoms with E-state index in [1.165, 1.54) is 16.3 Å². The van der Waals surface area contributed by atoms with Gasteiger partial charge in [-0.3, -0.25) is 14.2 Å². The molecule has 1 fully saturated rings. The van der Waals surface area contributed by atoms with Gasteiger partial charge in [-0.1, -0.05) is 41.6 Å². The molecule has 1 aliphatic rings. The summed E-state index contributed by atoms with van der Waals surface area (Å²) in [6.07, 6.45) is 2.08. The molecule has 0 saturated heterocycles. The Morgan fingerprint density at radius 1 is 1.23 bits per heavy atom. The molecule has 4 rings (SSSR count). The highest BCUT2D eigenvalue weighted by Crippen LogP contribution is 2.24. The molecule has 1 aliphatic carbocycles. The maximum atomic E-state index is 13.1. The number of nitrogens with zero attached hydrogens (tertiary/aromatic N) is 2. The van der Waals surface area contributed by atoms with E-state index in [0.29, 0.717) is 32.8 Å². The summed E-state index contributed by atoms with van der Waals surface area (Å²) in [5.74, 6) is 0.166. The lowest BCUT2D eigenvalue weighted by Crippen LogP contribution is -2.28. The smallest absolute Gasteiger partial charge is 0.266 e. The highest BCUT2D eigenvalue weighted by atomic mass is 35.5. The summed E-state index contributed by atoms with van der Waals surface area (Å²) in [5, 5.41) is 4.48. The van der Waals surface area contributed by atoms with E-state index in [-0.39, 0.29) is 17.2 Å². The van der Waals surface area contributed by atoms with Gasteiger partial charge in [0.25, 0.3) is 5.56 Å². The minimum atomic E-state index is -0.178. The molecule has 1 saturated carbocycles. The van der Waals surface area contributed by atoms with Crippen molar-refractivity contribution in [1.82, 2.24) is 14.9 Å². The second-order valence-electron chi connectivity index (χ2n) is 6.16. The standard InChI is InChI=1S/C19H16ClN3O2S/c20-12-4-3-5-14(10-12)23-18(25)15-6-1-2-7-16(15)22-19(23)26-11-17(24)21-13-8-9-13/h1-7,10,13H,8-9,11H2,(H,21,24). The monoisotopic (exact) mass is 385 g/mol. The van der Waals surface area contributed by atoms with Crippen LogP contribution in [0, 0.1) is 0 Å². The number of halogens is 1. The van der Waals surface area contributed by atoms with Crippen molar-refractivity contribution in [3.8, 4) is 5.69 Å². The molecule has 7 heteroatoms. The van der Waals surface area contributed by atoms with Gasteiger partial charge in [0.2, 0.25) is 5.91 Å². The minimum Gasteiger partial charge on any atom is -0.353 e. The van der Waals surface area contributed by atoms with Crippen LogP contribution in [0.4, 0.5) is 0 Å². The average molecular weight is 386 g/mol. The molecule has 26 heavy (non-hydrogen) atoms. The fourth-order valence-corrected chi connectivity index (χ4v) is 3.69. The molecule has 5 nitrogen and oxygen atoms in total. The molecule has 3 aromatic rings. The van der Waals surface area contributed by atoms with Crippen LogP contribution in [0.5, 0.6) is 0 Å². The van der Waals surface area contributed by atoms with Crippen LogP contribution in [0.1, 0.15) is 12.8 Å². The molecule has 2 aromatic carbocycles. The zero-order chi connectivity index (χ0) is 18.1. The highest BCUT2D eigenvalue weighted by Gasteiger charge is 2.23. The van der Waals surface area contributed by atoms with Gasteiger partial charge in [0, 0.05) is 11.1 Å². The van der Waals surface area contributed by atoms with Crippen molar-refractivity contribution in [2.75, 3.05) is 5.75 Å². The molecule has 1 heterocycles. The van der Waals surface area contributed by atoms with Crippen molar-refractivity contribution < 1.29 is 4.79 Å². The number of thioether (sulfide) groups is 1. The van der Waals surface area contributed by atoms with Gasteiger partial charge in [-0.15, -0.1) is 0 Å². The molecule has 1 aromatic heterocycles. The van der Waals surface area contributed by atoms with Crippen molar-refractivity contribution in [3.63, 3.8) is 0 Å². The number of carbonyl (C=O) groups is 1. The van der Waals surface area contributed by atoms with E-state index in [0.717, 1.165) is 12.8 Å². The zero-order valence-electron chi connectivity index (χ0n) is 13.8. The average Bonchev–Trinajstić information content (AvgIpc) is 3.44. The van der Waals surface area contributed by atoms with Crippen molar-refractivity contribution in [2.45, 2.75) is 24.0 Å². The molecule has 0 unspecified atom stereocenters. The van der Waals surface area contributed by atoms with Crippen LogP contribution in [0.15, 0.2) is 58.5 Å². The van der Waals surface area contributed by atoms with Crippen LogP contribution < -0.4 is 10.9 Å². The Morgan fingerprint density at radius 3 is 2.81 bits per heavy atom. The second kappa shape index (κ2) is 7.13. The molecular formula is C19H16ClN3O2S. The third-order valence-electron chi connectivity index (χ3n) is 4.09. The Labute approximate surface area is 159 Å². The number of fused-ring (bicyclic) bond motifs is 1. The van der Waals surface area contributed by atoms with Crippen LogP contribution in [0.25, 0.3) is 16.6 Å². The van der Waals surface area contributed by atoms with Crippen LogP contribution in [-0.2, 0) is 4.79 Å². The second-order valence-corrected chi connectivity index (χ2v) is 7.54. The lowest BCUT2D eigenvalue weighted by molar-refractivity contribution is -0.118. The number of para-hydroxylation sites is 1. The first-order valence-electron chi connectivity index (χ1n) is 8.32. The minimum absolute atomic E-state index is 0.0439. The van der Waals surface area contributed by atoms with Crippen molar-refractivity contribution in [2.24, 2.45) is 0 Å². The van der Waals surface area contributed by atoms with E-state index in [1.807, 2.05) is 12.1 Å². The lowest BCUT2D eigenvalue weighted by Gasteiger charge is -2.13. The summed E-state index contributed by atoms with van der Waals surface area (Å²) < 4.78 is 1.52. The number of benzene rings is 2. The SMILES string of the molecule is O=C(CSc1nc2ccccc2c(=O)n1-c1cccc(Cl)c1)NC1CC1. The Bertz CT molecular complexity index is 1050. The lowest BCUT2D eigenvalue weighted by atomic mass is 10.2. The molecule has 1 amide bonds. The third-order valence-corrected chi connectivity index (χ3v) is 5.26. The Hall–Kier alpha value is -2.31. The quantitative estimate of drug-likeness (QED) is 0.540. The first-order valence-corrected chi connectivity index (χ1v) is 9.68. The summed E-state index contributed by atoms with van der Waals surface area (Å²) in [4.78, 5) is 29.7. The molecule has 132 valence electrons. The predicted molar refractivity (Wildman–Crippen MR) is 104 cm³/mol. The summed E-state index contributed by atoms with van der Waals surface area (Å²) in [5.41, 5.74) is 1.06. The van der Waals surface area contributed by atoms with Crippen LogP contribution in [0.2, 0.25) is 5.02 Å². The summed E-state index contributed by atoms with van der Waals surface area (Å²) in [6.45, 7) is 0. The van der Waals surface area contributed by atoms with Gasteiger partial charge in [0.05, 0.1) is 22.3 Å². The van der Waals surface area contributed by atoms with E-state index in [1.54, 1.807) is 36.4 Å². The largest absolute Gasteiger partial charge is 0.353 e. The maximum Gasteiger partial charge on any atom is 0.266 e. The fourth-order valence-electron chi connectivity index (χ4n) is 2.68. The van der Waals surface area contributed by atoms with E-state index < -0.39 is 0 Å². The van der Waals surface area contributed by atoms with Gasteiger partial charge >= 0.3 is 0 Å². The number of hydrogen-bond acceptors (Lipinski definition) is 4. The maximum absolute atomic E-state index is 13.1.